The summed E-state index contributed by atoms with van der Waals surface area (Å²) < 4.78 is 4.95. The Morgan fingerprint density at radius 3 is 2.95 bits per heavy atom. The normalized spacial score (nSPS) is 18.0. The van der Waals surface area contributed by atoms with Gasteiger partial charge in [0.05, 0.1) is 18.7 Å². The molecule has 2 heterocycles. The van der Waals surface area contributed by atoms with Gasteiger partial charge in [0, 0.05) is 31.0 Å². The summed E-state index contributed by atoms with van der Waals surface area (Å²) in [7, 11) is 0. The lowest BCUT2D eigenvalue weighted by Crippen LogP contribution is -2.47. The summed E-state index contributed by atoms with van der Waals surface area (Å²) in [5.74, 6) is 0.236. The van der Waals surface area contributed by atoms with Crippen LogP contribution in [0.5, 0.6) is 0 Å². The van der Waals surface area contributed by atoms with Gasteiger partial charge in [0.25, 0.3) is 5.91 Å². The number of carboxylic acid groups (broad SMARTS) is 1. The molecule has 1 fully saturated rings. The van der Waals surface area contributed by atoms with E-state index in [2.05, 4.69) is 5.32 Å². The molecule has 1 aliphatic rings. The van der Waals surface area contributed by atoms with Gasteiger partial charge in [0.1, 0.15) is 0 Å². The van der Waals surface area contributed by atoms with Crippen LogP contribution in [0.25, 0.3) is 0 Å². The van der Waals surface area contributed by atoms with Crippen LogP contribution in [-0.4, -0.2) is 58.4 Å². The number of rotatable bonds is 6. The second-order valence-electron chi connectivity index (χ2n) is 4.90. The summed E-state index contributed by atoms with van der Waals surface area (Å²) >= 11 is 1.65. The number of hydrogen-bond donors (Lipinski definition) is 2. The van der Waals surface area contributed by atoms with Crippen LogP contribution in [0.1, 0.15) is 23.4 Å². The molecule has 0 spiro atoms. The summed E-state index contributed by atoms with van der Waals surface area (Å²) in [6.07, 6.45) is 1.51. The average molecular weight is 326 g/mol. The molecule has 1 aliphatic heterocycles. The van der Waals surface area contributed by atoms with Crippen molar-refractivity contribution < 1.29 is 23.9 Å². The van der Waals surface area contributed by atoms with Crippen molar-refractivity contribution in [1.82, 2.24) is 10.2 Å². The van der Waals surface area contributed by atoms with E-state index in [1.54, 1.807) is 28.8 Å². The summed E-state index contributed by atoms with van der Waals surface area (Å²) in [6.45, 7) is 0.745. The molecule has 1 aromatic heterocycles. The van der Waals surface area contributed by atoms with Gasteiger partial charge in [-0.2, -0.15) is 11.8 Å². The number of carbonyl (C=O) groups is 3. The molecule has 0 aromatic carbocycles. The predicted octanol–water partition coefficient (Wildman–Crippen LogP) is 0.818. The van der Waals surface area contributed by atoms with Gasteiger partial charge >= 0.3 is 5.97 Å². The molecule has 120 valence electrons. The Bertz CT molecular complexity index is 531. The Morgan fingerprint density at radius 2 is 2.27 bits per heavy atom. The van der Waals surface area contributed by atoms with Gasteiger partial charge in [-0.15, -0.1) is 0 Å². The summed E-state index contributed by atoms with van der Waals surface area (Å²) in [4.78, 5) is 36.3. The topological polar surface area (TPSA) is 99.9 Å². The third-order valence-corrected chi connectivity index (χ3v) is 4.42. The number of amides is 2. The average Bonchev–Trinajstić information content (AvgIpc) is 3.01. The van der Waals surface area contributed by atoms with Crippen molar-refractivity contribution in [2.45, 2.75) is 18.9 Å². The van der Waals surface area contributed by atoms with E-state index in [-0.39, 0.29) is 43.0 Å². The predicted molar refractivity (Wildman–Crippen MR) is 80.7 cm³/mol. The fourth-order valence-electron chi connectivity index (χ4n) is 2.28. The first kappa shape index (κ1) is 16.4. The molecule has 2 rings (SSSR count). The minimum absolute atomic E-state index is 0.0442. The summed E-state index contributed by atoms with van der Waals surface area (Å²) in [5, 5.41) is 11.5. The van der Waals surface area contributed by atoms with Crippen LogP contribution in [0, 0.1) is 0 Å². The molecule has 0 saturated carbocycles. The first-order chi connectivity index (χ1) is 10.6. The number of hydrogen-bond acceptors (Lipinski definition) is 5. The van der Waals surface area contributed by atoms with Crippen LogP contribution < -0.4 is 5.32 Å². The van der Waals surface area contributed by atoms with Gasteiger partial charge in [0.15, 0.2) is 5.76 Å². The van der Waals surface area contributed by atoms with Crippen molar-refractivity contribution in [2.75, 3.05) is 24.6 Å². The molecule has 22 heavy (non-hydrogen) atoms. The van der Waals surface area contributed by atoms with E-state index in [0.717, 1.165) is 5.75 Å². The van der Waals surface area contributed by atoms with Crippen molar-refractivity contribution >= 4 is 29.5 Å². The maximum absolute atomic E-state index is 12.2. The molecule has 0 bridgehead atoms. The second-order valence-corrected chi connectivity index (χ2v) is 6.05. The Hall–Kier alpha value is -1.96. The molecule has 2 N–H and O–H groups in total. The van der Waals surface area contributed by atoms with Crippen LogP contribution in [0.4, 0.5) is 0 Å². The van der Waals surface area contributed by atoms with Crippen LogP contribution in [0.3, 0.4) is 0 Å². The quantitative estimate of drug-likeness (QED) is 0.803. The lowest BCUT2D eigenvalue weighted by molar-refractivity contribution is -0.140. The number of carbonyl (C=O) groups excluding carboxylic acids is 2. The largest absolute Gasteiger partial charge is 0.481 e. The molecule has 1 atom stereocenters. The molecule has 0 aliphatic carbocycles. The highest BCUT2D eigenvalue weighted by Gasteiger charge is 2.28. The van der Waals surface area contributed by atoms with Crippen LogP contribution in [0.15, 0.2) is 22.8 Å². The molecule has 1 unspecified atom stereocenters. The van der Waals surface area contributed by atoms with Crippen LogP contribution in [0.2, 0.25) is 0 Å². The first-order valence-corrected chi connectivity index (χ1v) is 8.14. The molecule has 1 saturated heterocycles. The molecule has 1 aromatic rings. The van der Waals surface area contributed by atoms with Crippen LogP contribution >= 0.6 is 11.8 Å². The highest BCUT2D eigenvalue weighted by Crippen LogP contribution is 2.19. The fraction of sp³-hybridized carbons (Fsp3) is 0.500. The Balaban J connectivity index is 1.80. The highest BCUT2D eigenvalue weighted by molar-refractivity contribution is 7.99. The van der Waals surface area contributed by atoms with E-state index in [4.69, 9.17) is 9.52 Å². The van der Waals surface area contributed by atoms with Crippen LogP contribution in [-0.2, 0) is 9.59 Å². The maximum atomic E-state index is 12.2. The number of thioether (sulfide) groups is 1. The number of aliphatic carboxylic acids is 1. The maximum Gasteiger partial charge on any atom is 0.305 e. The van der Waals surface area contributed by atoms with Gasteiger partial charge in [-0.25, -0.2) is 0 Å². The number of carboxylic acids is 1. The number of nitrogens with zero attached hydrogens (tertiary/aromatic N) is 1. The lowest BCUT2D eigenvalue weighted by atomic mass is 10.2. The van der Waals surface area contributed by atoms with Crippen molar-refractivity contribution in [3.05, 3.63) is 24.2 Å². The number of furan rings is 1. The van der Waals surface area contributed by atoms with Gasteiger partial charge in [-0.05, 0) is 12.1 Å². The Kier molecular flexibility index (Phi) is 5.88. The van der Waals surface area contributed by atoms with E-state index >= 15 is 0 Å². The molecule has 7 nitrogen and oxygen atoms in total. The monoisotopic (exact) mass is 326 g/mol. The molecule has 2 amide bonds. The van der Waals surface area contributed by atoms with Gasteiger partial charge in [0.2, 0.25) is 5.91 Å². The molecule has 0 radical (unpaired) electrons. The van der Waals surface area contributed by atoms with E-state index < -0.39 is 5.97 Å². The summed E-state index contributed by atoms with van der Waals surface area (Å²) in [6, 6.07) is 2.88. The zero-order valence-electron chi connectivity index (χ0n) is 12.0. The lowest BCUT2D eigenvalue weighted by Gasteiger charge is -2.34. The third kappa shape index (κ3) is 4.52. The standard InChI is InChI=1S/C14H18N2O5S/c17-12(3-4-15-14(20)11-2-1-6-21-11)16-5-7-22-9-10(16)8-13(18)19/h1-2,6,10H,3-5,7-9H2,(H,15,20)(H,18,19). The molecular formula is C14H18N2O5S. The van der Waals surface area contributed by atoms with Crippen molar-refractivity contribution in [1.29, 1.82) is 0 Å². The van der Waals surface area contributed by atoms with E-state index in [1.807, 2.05) is 0 Å². The number of nitrogens with one attached hydrogen (secondary N) is 1. The minimum atomic E-state index is -0.906. The Labute approximate surface area is 132 Å². The molecule has 8 heteroatoms. The van der Waals surface area contributed by atoms with E-state index in [0.29, 0.717) is 12.3 Å². The van der Waals surface area contributed by atoms with Gasteiger partial charge in [-0.3, -0.25) is 14.4 Å². The fourth-order valence-corrected chi connectivity index (χ4v) is 3.34. The molecular weight excluding hydrogens is 308 g/mol. The zero-order chi connectivity index (χ0) is 15.9. The second kappa shape index (κ2) is 7.88. The third-order valence-electron chi connectivity index (χ3n) is 3.33. The minimum Gasteiger partial charge on any atom is -0.481 e. The Morgan fingerprint density at radius 1 is 1.45 bits per heavy atom. The SMILES string of the molecule is O=C(O)CC1CSCCN1C(=O)CCNC(=O)c1ccco1. The first-order valence-electron chi connectivity index (χ1n) is 6.98. The van der Waals surface area contributed by atoms with Gasteiger partial charge < -0.3 is 19.7 Å². The zero-order valence-corrected chi connectivity index (χ0v) is 12.8. The van der Waals surface area contributed by atoms with Crippen molar-refractivity contribution in [3.8, 4) is 0 Å². The van der Waals surface area contributed by atoms with E-state index in [1.165, 1.54) is 6.26 Å². The highest BCUT2D eigenvalue weighted by atomic mass is 32.2. The van der Waals surface area contributed by atoms with Gasteiger partial charge in [-0.1, -0.05) is 0 Å². The van der Waals surface area contributed by atoms with E-state index in [9.17, 15) is 14.4 Å². The van der Waals surface area contributed by atoms with Crippen molar-refractivity contribution in [3.63, 3.8) is 0 Å². The summed E-state index contributed by atoms with van der Waals surface area (Å²) in [5.41, 5.74) is 0. The smallest absolute Gasteiger partial charge is 0.305 e. The van der Waals surface area contributed by atoms with Crippen molar-refractivity contribution in [2.24, 2.45) is 0 Å².